The van der Waals surface area contributed by atoms with Crippen molar-refractivity contribution in [2.24, 2.45) is 5.73 Å². The van der Waals surface area contributed by atoms with Crippen LogP contribution in [0.5, 0.6) is 0 Å². The number of amides is 1. The van der Waals surface area contributed by atoms with Gasteiger partial charge < -0.3 is 10.6 Å². The molecule has 1 rings (SSSR count). The first kappa shape index (κ1) is 16.7. The molecule has 102 valence electrons. The maximum Gasteiger partial charge on any atom is 0.224 e. The molecule has 0 aromatic carbocycles. The summed E-state index contributed by atoms with van der Waals surface area (Å²) < 4.78 is 22.7. The van der Waals surface area contributed by atoms with Gasteiger partial charge in [-0.25, -0.2) is 8.42 Å². The fourth-order valence-corrected chi connectivity index (χ4v) is 3.78. The minimum atomic E-state index is -2.94. The molecule has 0 aromatic rings. The Morgan fingerprint density at radius 1 is 1.53 bits per heavy atom. The van der Waals surface area contributed by atoms with Gasteiger partial charge in [-0.3, -0.25) is 4.79 Å². The number of carbonyl (C=O) groups is 1. The molecule has 1 amide bonds. The van der Waals surface area contributed by atoms with Gasteiger partial charge in [-0.15, -0.1) is 12.4 Å². The molecule has 1 aliphatic heterocycles. The van der Waals surface area contributed by atoms with E-state index in [1.165, 1.54) is 0 Å². The van der Waals surface area contributed by atoms with Crippen LogP contribution in [0.2, 0.25) is 0 Å². The predicted molar refractivity (Wildman–Crippen MR) is 70.0 cm³/mol. The van der Waals surface area contributed by atoms with Crippen molar-refractivity contribution in [2.75, 3.05) is 18.1 Å². The van der Waals surface area contributed by atoms with Crippen molar-refractivity contribution in [1.29, 1.82) is 0 Å². The molecule has 1 fully saturated rings. The van der Waals surface area contributed by atoms with Crippen LogP contribution in [0.3, 0.4) is 0 Å². The number of rotatable bonds is 4. The van der Waals surface area contributed by atoms with Gasteiger partial charge in [0.2, 0.25) is 5.91 Å². The molecule has 5 nitrogen and oxygen atoms in total. The van der Waals surface area contributed by atoms with Crippen molar-refractivity contribution in [3.8, 4) is 0 Å². The van der Waals surface area contributed by atoms with E-state index in [0.717, 1.165) is 0 Å². The highest BCUT2D eigenvalue weighted by molar-refractivity contribution is 7.91. The lowest BCUT2D eigenvalue weighted by Gasteiger charge is -2.27. The summed E-state index contributed by atoms with van der Waals surface area (Å²) in [5, 5.41) is 0. The number of nitrogens with two attached hydrogens (primary N) is 1. The van der Waals surface area contributed by atoms with Gasteiger partial charge in [-0.05, 0) is 20.3 Å². The van der Waals surface area contributed by atoms with E-state index in [4.69, 9.17) is 5.73 Å². The van der Waals surface area contributed by atoms with E-state index in [1.54, 1.807) is 11.8 Å². The summed E-state index contributed by atoms with van der Waals surface area (Å²) in [5.41, 5.74) is 5.57. The molecule has 0 radical (unpaired) electrons. The third-order valence-corrected chi connectivity index (χ3v) is 4.56. The van der Waals surface area contributed by atoms with Gasteiger partial charge in [0.1, 0.15) is 0 Å². The zero-order valence-electron chi connectivity index (χ0n) is 10.3. The Kier molecular flexibility index (Phi) is 6.43. The molecule has 0 spiro atoms. The van der Waals surface area contributed by atoms with Crippen LogP contribution >= 0.6 is 12.4 Å². The Labute approximate surface area is 109 Å². The molecule has 1 saturated heterocycles. The summed E-state index contributed by atoms with van der Waals surface area (Å²) >= 11 is 0. The third-order valence-electron chi connectivity index (χ3n) is 2.81. The van der Waals surface area contributed by atoms with Gasteiger partial charge in [-0.2, -0.15) is 0 Å². The second-order valence-corrected chi connectivity index (χ2v) is 6.65. The molecule has 0 bridgehead atoms. The average Bonchev–Trinajstić information content (AvgIpc) is 2.46. The Hall–Kier alpha value is -0.330. The molecule has 2 atom stereocenters. The minimum Gasteiger partial charge on any atom is -0.339 e. The summed E-state index contributed by atoms with van der Waals surface area (Å²) in [5.74, 6) is 0.255. The fourth-order valence-electron chi connectivity index (χ4n) is 2.05. The second kappa shape index (κ2) is 6.56. The van der Waals surface area contributed by atoms with Gasteiger partial charge in [0, 0.05) is 25.0 Å². The number of carbonyl (C=O) groups excluding carboxylic acids is 1. The van der Waals surface area contributed by atoms with E-state index < -0.39 is 9.84 Å². The molecule has 0 saturated carbocycles. The number of hydrogen-bond donors (Lipinski definition) is 1. The largest absolute Gasteiger partial charge is 0.339 e. The lowest BCUT2D eigenvalue weighted by molar-refractivity contribution is -0.133. The SMILES string of the molecule is CCN(C(=O)CC(C)N)C1CCS(=O)(=O)C1.Cl. The summed E-state index contributed by atoms with van der Waals surface area (Å²) in [6, 6.07) is -0.333. The van der Waals surface area contributed by atoms with Crippen molar-refractivity contribution >= 4 is 28.2 Å². The zero-order chi connectivity index (χ0) is 12.3. The molecule has 2 N–H and O–H groups in total. The fraction of sp³-hybridized carbons (Fsp3) is 0.900. The van der Waals surface area contributed by atoms with Crippen molar-refractivity contribution in [2.45, 2.75) is 38.8 Å². The number of sulfone groups is 1. The molecule has 7 heteroatoms. The van der Waals surface area contributed by atoms with Crippen LogP contribution in [0.15, 0.2) is 0 Å². The summed E-state index contributed by atoms with van der Waals surface area (Å²) in [6.45, 7) is 4.19. The van der Waals surface area contributed by atoms with Crippen LogP contribution < -0.4 is 5.73 Å². The molecular formula is C10H21ClN2O3S. The minimum absolute atomic E-state index is 0. The normalized spacial score (nSPS) is 23.8. The third kappa shape index (κ3) is 4.81. The van der Waals surface area contributed by atoms with Crippen LogP contribution in [0.25, 0.3) is 0 Å². The second-order valence-electron chi connectivity index (χ2n) is 4.42. The lowest BCUT2D eigenvalue weighted by atomic mass is 10.1. The maximum absolute atomic E-state index is 11.8. The number of halogens is 1. The first-order valence-corrected chi connectivity index (χ1v) is 7.43. The van der Waals surface area contributed by atoms with Gasteiger partial charge in [-0.1, -0.05) is 0 Å². The van der Waals surface area contributed by atoms with Gasteiger partial charge in [0.25, 0.3) is 0 Å². The molecule has 0 aliphatic carbocycles. The Bertz CT molecular complexity index is 357. The predicted octanol–water partition coefficient (Wildman–Crippen LogP) is 0.181. The van der Waals surface area contributed by atoms with Gasteiger partial charge >= 0.3 is 0 Å². The van der Waals surface area contributed by atoms with Crippen molar-refractivity contribution in [3.05, 3.63) is 0 Å². The molecular weight excluding hydrogens is 264 g/mol. The average molecular weight is 285 g/mol. The number of hydrogen-bond acceptors (Lipinski definition) is 4. The smallest absolute Gasteiger partial charge is 0.224 e. The van der Waals surface area contributed by atoms with Crippen molar-refractivity contribution < 1.29 is 13.2 Å². The van der Waals surface area contributed by atoms with E-state index in [-0.39, 0.29) is 48.3 Å². The Morgan fingerprint density at radius 2 is 2.12 bits per heavy atom. The summed E-state index contributed by atoms with van der Waals surface area (Å²) in [7, 11) is -2.94. The Balaban J connectivity index is 0.00000256. The Morgan fingerprint density at radius 3 is 2.47 bits per heavy atom. The molecule has 17 heavy (non-hydrogen) atoms. The van der Waals surface area contributed by atoms with Crippen LogP contribution in [0, 0.1) is 0 Å². The summed E-state index contributed by atoms with van der Waals surface area (Å²) in [4.78, 5) is 13.5. The quantitative estimate of drug-likeness (QED) is 0.799. The monoisotopic (exact) mass is 284 g/mol. The number of nitrogens with zero attached hydrogens (tertiary/aromatic N) is 1. The highest BCUT2D eigenvalue weighted by Crippen LogP contribution is 2.18. The zero-order valence-corrected chi connectivity index (χ0v) is 11.9. The molecule has 1 aliphatic rings. The van der Waals surface area contributed by atoms with Crippen LogP contribution in [-0.4, -0.2) is 49.4 Å². The van der Waals surface area contributed by atoms with Crippen molar-refractivity contribution in [1.82, 2.24) is 4.90 Å². The van der Waals surface area contributed by atoms with Crippen LogP contribution in [-0.2, 0) is 14.6 Å². The molecule has 0 aromatic heterocycles. The maximum atomic E-state index is 11.8. The van der Waals surface area contributed by atoms with Gasteiger partial charge in [0.15, 0.2) is 9.84 Å². The molecule has 2 unspecified atom stereocenters. The van der Waals surface area contributed by atoms with E-state index in [0.29, 0.717) is 13.0 Å². The first-order chi connectivity index (χ1) is 7.35. The first-order valence-electron chi connectivity index (χ1n) is 5.61. The van der Waals surface area contributed by atoms with Crippen LogP contribution in [0.1, 0.15) is 26.7 Å². The highest BCUT2D eigenvalue weighted by atomic mass is 35.5. The lowest BCUT2D eigenvalue weighted by Crippen LogP contribution is -2.42. The van der Waals surface area contributed by atoms with E-state index >= 15 is 0 Å². The van der Waals surface area contributed by atoms with Crippen molar-refractivity contribution in [3.63, 3.8) is 0 Å². The topological polar surface area (TPSA) is 80.5 Å². The highest BCUT2D eigenvalue weighted by Gasteiger charge is 2.33. The van der Waals surface area contributed by atoms with Gasteiger partial charge in [0.05, 0.1) is 11.5 Å². The van der Waals surface area contributed by atoms with E-state index in [2.05, 4.69) is 0 Å². The summed E-state index contributed by atoms with van der Waals surface area (Å²) in [6.07, 6.45) is 0.839. The van der Waals surface area contributed by atoms with Crippen LogP contribution in [0.4, 0.5) is 0 Å². The van der Waals surface area contributed by atoms with E-state index in [1.807, 2.05) is 6.92 Å². The molecule has 1 heterocycles. The standard InChI is InChI=1S/C10H20N2O3S.ClH/c1-3-12(10(13)6-8(2)11)9-4-5-16(14,15)7-9;/h8-9H,3-7,11H2,1-2H3;1H. The van der Waals surface area contributed by atoms with E-state index in [9.17, 15) is 13.2 Å².